The second-order valence-corrected chi connectivity index (χ2v) is 5.88. The van der Waals surface area contributed by atoms with Gasteiger partial charge in [-0.25, -0.2) is 0 Å². The number of benzene rings is 2. The van der Waals surface area contributed by atoms with Gasteiger partial charge >= 0.3 is 0 Å². The lowest BCUT2D eigenvalue weighted by Crippen LogP contribution is -2.23. The lowest BCUT2D eigenvalue weighted by molar-refractivity contribution is 0.112. The van der Waals surface area contributed by atoms with E-state index in [-0.39, 0.29) is 0 Å². The van der Waals surface area contributed by atoms with Crippen LogP contribution in [0.15, 0.2) is 42.5 Å². The van der Waals surface area contributed by atoms with Crippen LogP contribution < -0.4 is 0 Å². The first-order valence-corrected chi connectivity index (χ1v) is 7.17. The van der Waals surface area contributed by atoms with E-state index in [4.69, 9.17) is 0 Å². The number of aliphatic hydroxyl groups is 1. The first-order valence-electron chi connectivity index (χ1n) is 7.17. The number of fused-ring (bicyclic) bond motifs is 1. The zero-order valence-electron chi connectivity index (χ0n) is 12.1. The standard InChI is InChI=1S/C18H21NO/c1-13-7-14(2)9-17(8-13)18(20)12-19-10-15-5-3-4-6-16(15)11-19/h3-9,18,20H,10-12H2,1-2H3. The van der Waals surface area contributed by atoms with Crippen molar-refractivity contribution < 1.29 is 5.11 Å². The highest BCUT2D eigenvalue weighted by atomic mass is 16.3. The molecule has 20 heavy (non-hydrogen) atoms. The lowest BCUT2D eigenvalue weighted by Gasteiger charge is -2.20. The predicted octanol–water partition coefficient (Wildman–Crippen LogP) is 3.35. The zero-order valence-corrected chi connectivity index (χ0v) is 12.1. The van der Waals surface area contributed by atoms with Crippen LogP contribution in [0, 0.1) is 13.8 Å². The number of nitrogens with zero attached hydrogens (tertiary/aromatic N) is 1. The molecule has 1 aliphatic heterocycles. The van der Waals surface area contributed by atoms with Crippen molar-refractivity contribution in [1.82, 2.24) is 4.90 Å². The minimum absolute atomic E-state index is 0.414. The Balaban J connectivity index is 1.70. The second kappa shape index (κ2) is 5.39. The van der Waals surface area contributed by atoms with Crippen molar-refractivity contribution in [2.45, 2.75) is 33.0 Å². The molecule has 2 heteroatoms. The third-order valence-electron chi connectivity index (χ3n) is 3.97. The van der Waals surface area contributed by atoms with E-state index in [2.05, 4.69) is 61.2 Å². The topological polar surface area (TPSA) is 23.5 Å². The summed E-state index contributed by atoms with van der Waals surface area (Å²) in [6.45, 7) is 6.73. The fourth-order valence-corrected chi connectivity index (χ4v) is 3.09. The summed E-state index contributed by atoms with van der Waals surface area (Å²) in [6, 6.07) is 14.8. The molecule has 0 aromatic heterocycles. The van der Waals surface area contributed by atoms with E-state index in [0.717, 1.165) is 18.7 Å². The molecule has 1 atom stereocenters. The third-order valence-corrected chi connectivity index (χ3v) is 3.97. The van der Waals surface area contributed by atoms with Gasteiger partial charge in [-0.1, -0.05) is 53.6 Å². The number of aryl methyl sites for hydroxylation is 2. The molecule has 1 N–H and O–H groups in total. The molecule has 1 unspecified atom stereocenters. The van der Waals surface area contributed by atoms with Crippen molar-refractivity contribution in [3.8, 4) is 0 Å². The molecule has 0 saturated carbocycles. The summed E-state index contributed by atoms with van der Waals surface area (Å²) in [6.07, 6.45) is -0.414. The van der Waals surface area contributed by atoms with Crippen molar-refractivity contribution in [3.63, 3.8) is 0 Å². The Morgan fingerprint density at radius 1 is 1.00 bits per heavy atom. The van der Waals surface area contributed by atoms with Crippen molar-refractivity contribution in [2.75, 3.05) is 6.54 Å². The van der Waals surface area contributed by atoms with Gasteiger partial charge in [0.2, 0.25) is 0 Å². The molecule has 0 saturated heterocycles. The van der Waals surface area contributed by atoms with Crippen molar-refractivity contribution in [1.29, 1.82) is 0 Å². The van der Waals surface area contributed by atoms with Gasteiger partial charge in [0.15, 0.2) is 0 Å². The molecule has 0 amide bonds. The monoisotopic (exact) mass is 267 g/mol. The van der Waals surface area contributed by atoms with Gasteiger partial charge in [0.05, 0.1) is 6.10 Å². The maximum Gasteiger partial charge on any atom is 0.0917 e. The van der Waals surface area contributed by atoms with Crippen molar-refractivity contribution in [3.05, 3.63) is 70.3 Å². The summed E-state index contributed by atoms with van der Waals surface area (Å²) in [5, 5.41) is 10.5. The van der Waals surface area contributed by atoms with Crippen LogP contribution in [-0.2, 0) is 13.1 Å². The number of hydrogen-bond acceptors (Lipinski definition) is 2. The van der Waals surface area contributed by atoms with Crippen LogP contribution >= 0.6 is 0 Å². The van der Waals surface area contributed by atoms with Gasteiger partial charge in [0, 0.05) is 19.6 Å². The molecule has 2 aromatic carbocycles. The molecule has 0 radical (unpaired) electrons. The van der Waals surface area contributed by atoms with E-state index < -0.39 is 6.10 Å². The minimum Gasteiger partial charge on any atom is -0.387 e. The van der Waals surface area contributed by atoms with Gasteiger partial charge in [-0.3, -0.25) is 4.90 Å². The number of aliphatic hydroxyl groups excluding tert-OH is 1. The van der Waals surface area contributed by atoms with E-state index >= 15 is 0 Å². The summed E-state index contributed by atoms with van der Waals surface area (Å²) in [7, 11) is 0. The molecular weight excluding hydrogens is 246 g/mol. The molecule has 3 rings (SSSR count). The van der Waals surface area contributed by atoms with Crippen LogP contribution in [0.25, 0.3) is 0 Å². The maximum atomic E-state index is 10.5. The summed E-state index contributed by atoms with van der Waals surface area (Å²) in [4.78, 5) is 2.31. The highest BCUT2D eigenvalue weighted by molar-refractivity contribution is 5.32. The van der Waals surface area contributed by atoms with E-state index in [1.54, 1.807) is 0 Å². The normalized spacial score (nSPS) is 16.1. The predicted molar refractivity (Wildman–Crippen MR) is 81.4 cm³/mol. The van der Waals surface area contributed by atoms with E-state index in [1.165, 1.54) is 22.3 Å². The molecule has 1 heterocycles. The molecule has 2 nitrogen and oxygen atoms in total. The van der Waals surface area contributed by atoms with Crippen LogP contribution in [0.1, 0.15) is 33.9 Å². The summed E-state index contributed by atoms with van der Waals surface area (Å²) >= 11 is 0. The van der Waals surface area contributed by atoms with Crippen molar-refractivity contribution in [2.24, 2.45) is 0 Å². The zero-order chi connectivity index (χ0) is 14.1. The highest BCUT2D eigenvalue weighted by Gasteiger charge is 2.21. The fourth-order valence-electron chi connectivity index (χ4n) is 3.09. The number of β-amino-alcohol motifs (C(OH)–C–C–N with tert-alkyl or cyclic N) is 1. The lowest BCUT2D eigenvalue weighted by atomic mass is 10.0. The Hall–Kier alpha value is -1.64. The van der Waals surface area contributed by atoms with Crippen LogP contribution in [0.5, 0.6) is 0 Å². The summed E-state index contributed by atoms with van der Waals surface area (Å²) in [5.41, 5.74) is 6.23. The molecule has 104 valence electrons. The Morgan fingerprint density at radius 3 is 2.10 bits per heavy atom. The summed E-state index contributed by atoms with van der Waals surface area (Å²) in [5.74, 6) is 0. The smallest absolute Gasteiger partial charge is 0.0917 e. The summed E-state index contributed by atoms with van der Waals surface area (Å²) < 4.78 is 0. The Morgan fingerprint density at radius 2 is 1.55 bits per heavy atom. The number of hydrogen-bond donors (Lipinski definition) is 1. The van der Waals surface area contributed by atoms with Gasteiger partial charge in [0.25, 0.3) is 0 Å². The fraction of sp³-hybridized carbons (Fsp3) is 0.333. The largest absolute Gasteiger partial charge is 0.387 e. The van der Waals surface area contributed by atoms with Crippen LogP contribution in [-0.4, -0.2) is 16.6 Å². The molecule has 2 aromatic rings. The SMILES string of the molecule is Cc1cc(C)cc(C(O)CN2Cc3ccccc3C2)c1. The van der Waals surface area contributed by atoms with Crippen molar-refractivity contribution >= 4 is 0 Å². The van der Waals surface area contributed by atoms with Gasteiger partial charge in [-0.05, 0) is 30.5 Å². The first kappa shape index (κ1) is 13.3. The Labute approximate surface area is 120 Å². The third kappa shape index (κ3) is 2.77. The molecule has 0 aliphatic carbocycles. The Kier molecular flexibility index (Phi) is 3.60. The quantitative estimate of drug-likeness (QED) is 0.922. The average molecular weight is 267 g/mol. The van der Waals surface area contributed by atoms with Crippen LogP contribution in [0.2, 0.25) is 0 Å². The van der Waals surface area contributed by atoms with Gasteiger partial charge in [-0.2, -0.15) is 0 Å². The van der Waals surface area contributed by atoms with E-state index in [0.29, 0.717) is 6.54 Å². The first-order chi connectivity index (χ1) is 9.61. The molecule has 1 aliphatic rings. The Bertz CT molecular complexity index is 575. The maximum absolute atomic E-state index is 10.5. The molecule has 0 spiro atoms. The molecular formula is C18H21NO. The van der Waals surface area contributed by atoms with Crippen LogP contribution in [0.4, 0.5) is 0 Å². The van der Waals surface area contributed by atoms with Gasteiger partial charge in [-0.15, -0.1) is 0 Å². The molecule has 0 bridgehead atoms. The second-order valence-electron chi connectivity index (χ2n) is 5.88. The minimum atomic E-state index is -0.414. The van der Waals surface area contributed by atoms with Gasteiger partial charge < -0.3 is 5.11 Å². The van der Waals surface area contributed by atoms with Gasteiger partial charge in [0.1, 0.15) is 0 Å². The van der Waals surface area contributed by atoms with Crippen LogP contribution in [0.3, 0.4) is 0 Å². The number of rotatable bonds is 3. The van der Waals surface area contributed by atoms with E-state index in [9.17, 15) is 5.11 Å². The molecule has 0 fully saturated rings. The van der Waals surface area contributed by atoms with E-state index in [1.807, 2.05) is 0 Å². The average Bonchev–Trinajstić information content (AvgIpc) is 2.79. The highest BCUT2D eigenvalue weighted by Crippen LogP contribution is 2.25.